The van der Waals surface area contributed by atoms with E-state index in [1.165, 1.54) is 0 Å². The van der Waals surface area contributed by atoms with Crippen molar-refractivity contribution in [2.75, 3.05) is 11.9 Å². The fraction of sp³-hybridized carbons (Fsp3) is 0.286. The van der Waals surface area contributed by atoms with Crippen molar-refractivity contribution in [2.24, 2.45) is 0 Å². The molecule has 6 nitrogen and oxygen atoms in total. The molecule has 27 heavy (non-hydrogen) atoms. The highest BCUT2D eigenvalue weighted by Crippen LogP contribution is 2.17. The van der Waals surface area contributed by atoms with E-state index in [4.69, 9.17) is 0 Å². The lowest BCUT2D eigenvalue weighted by Crippen LogP contribution is -2.39. The molecule has 0 radical (unpaired) electrons. The van der Waals surface area contributed by atoms with E-state index in [1.807, 2.05) is 38.1 Å². The second-order valence-electron chi connectivity index (χ2n) is 6.52. The van der Waals surface area contributed by atoms with Gasteiger partial charge in [-0.3, -0.25) is 14.4 Å². The minimum atomic E-state index is -0.347. The number of hydrogen-bond donors (Lipinski definition) is 3. The summed E-state index contributed by atoms with van der Waals surface area (Å²) in [4.78, 5) is 36.1. The summed E-state index contributed by atoms with van der Waals surface area (Å²) in [5.41, 5.74) is 3.35. The fourth-order valence-electron chi connectivity index (χ4n) is 2.56. The molecule has 6 heteroatoms. The predicted molar refractivity (Wildman–Crippen MR) is 106 cm³/mol. The zero-order valence-corrected chi connectivity index (χ0v) is 15.8. The first-order valence-electron chi connectivity index (χ1n) is 8.85. The van der Waals surface area contributed by atoms with Gasteiger partial charge in [-0.1, -0.05) is 30.3 Å². The Kier molecular flexibility index (Phi) is 7.11. The molecule has 3 amide bonds. The van der Waals surface area contributed by atoms with Gasteiger partial charge in [-0.25, -0.2) is 0 Å². The maximum atomic E-state index is 12.1. The van der Waals surface area contributed by atoms with Crippen LogP contribution in [0.15, 0.2) is 48.5 Å². The molecule has 0 heterocycles. The summed E-state index contributed by atoms with van der Waals surface area (Å²) in [6.07, 6.45) is 0.0926. The standard InChI is InChI=1S/C21H25N3O3/c1-14-8-7-11-18(16(14)3)24-20(26)13-22-19(25)12-15(2)23-21(27)17-9-5-4-6-10-17/h4-11,15H,12-13H2,1-3H3,(H,22,25)(H,23,27)(H,24,26). The highest BCUT2D eigenvalue weighted by atomic mass is 16.2. The molecule has 142 valence electrons. The van der Waals surface area contributed by atoms with E-state index in [-0.39, 0.29) is 36.7 Å². The second-order valence-corrected chi connectivity index (χ2v) is 6.52. The molecule has 1 unspecified atom stereocenters. The molecular formula is C21H25N3O3. The van der Waals surface area contributed by atoms with E-state index in [9.17, 15) is 14.4 Å². The minimum absolute atomic E-state index is 0.0926. The summed E-state index contributed by atoms with van der Waals surface area (Å²) in [5.74, 6) is -0.825. The molecule has 0 saturated heterocycles. The Labute approximate surface area is 159 Å². The van der Waals surface area contributed by atoms with Crippen LogP contribution >= 0.6 is 0 Å². The Balaban J connectivity index is 1.76. The molecule has 0 aromatic heterocycles. The van der Waals surface area contributed by atoms with E-state index in [0.29, 0.717) is 5.56 Å². The number of rotatable bonds is 7. The zero-order chi connectivity index (χ0) is 19.8. The van der Waals surface area contributed by atoms with Gasteiger partial charge in [0.25, 0.3) is 5.91 Å². The van der Waals surface area contributed by atoms with Crippen LogP contribution in [-0.4, -0.2) is 30.3 Å². The minimum Gasteiger partial charge on any atom is -0.349 e. The Morgan fingerprint density at radius 2 is 1.63 bits per heavy atom. The Morgan fingerprint density at radius 1 is 0.926 bits per heavy atom. The van der Waals surface area contributed by atoms with Crippen molar-refractivity contribution in [3.63, 3.8) is 0 Å². The molecular weight excluding hydrogens is 342 g/mol. The quantitative estimate of drug-likeness (QED) is 0.703. The third-order valence-corrected chi connectivity index (χ3v) is 4.23. The summed E-state index contributed by atoms with van der Waals surface area (Å²) in [6.45, 7) is 5.53. The van der Waals surface area contributed by atoms with Crippen molar-refractivity contribution in [1.82, 2.24) is 10.6 Å². The molecule has 0 bridgehead atoms. The highest BCUT2D eigenvalue weighted by Gasteiger charge is 2.14. The van der Waals surface area contributed by atoms with Gasteiger partial charge in [0.15, 0.2) is 0 Å². The molecule has 0 spiro atoms. The van der Waals surface area contributed by atoms with Crippen molar-refractivity contribution in [3.05, 3.63) is 65.2 Å². The van der Waals surface area contributed by atoms with Crippen LogP contribution in [0.1, 0.15) is 34.8 Å². The lowest BCUT2D eigenvalue weighted by Gasteiger charge is -2.14. The molecule has 0 aliphatic rings. The second kappa shape index (κ2) is 9.52. The lowest BCUT2D eigenvalue weighted by molar-refractivity contribution is -0.124. The van der Waals surface area contributed by atoms with Gasteiger partial charge in [0.05, 0.1) is 6.54 Å². The summed E-state index contributed by atoms with van der Waals surface area (Å²) >= 11 is 0. The van der Waals surface area contributed by atoms with Crippen LogP contribution in [0.4, 0.5) is 5.69 Å². The molecule has 0 aliphatic carbocycles. The number of anilines is 1. The normalized spacial score (nSPS) is 11.4. The predicted octanol–water partition coefficient (Wildman–Crippen LogP) is 2.57. The Bertz CT molecular complexity index is 819. The first-order valence-corrected chi connectivity index (χ1v) is 8.85. The van der Waals surface area contributed by atoms with Gasteiger partial charge in [-0.2, -0.15) is 0 Å². The number of benzene rings is 2. The molecule has 2 aromatic carbocycles. The fourth-order valence-corrected chi connectivity index (χ4v) is 2.56. The van der Waals surface area contributed by atoms with E-state index in [1.54, 1.807) is 31.2 Å². The summed E-state index contributed by atoms with van der Waals surface area (Å²) in [5, 5.41) is 8.14. The number of amides is 3. The first kappa shape index (κ1) is 20.2. The summed E-state index contributed by atoms with van der Waals surface area (Å²) < 4.78 is 0. The number of aryl methyl sites for hydroxylation is 1. The number of carbonyl (C=O) groups excluding carboxylic acids is 3. The summed E-state index contributed by atoms with van der Waals surface area (Å²) in [7, 11) is 0. The average Bonchev–Trinajstić information content (AvgIpc) is 2.64. The van der Waals surface area contributed by atoms with Crippen molar-refractivity contribution >= 4 is 23.4 Å². The lowest BCUT2D eigenvalue weighted by atomic mass is 10.1. The van der Waals surface area contributed by atoms with Crippen molar-refractivity contribution in [3.8, 4) is 0 Å². The van der Waals surface area contributed by atoms with Gasteiger partial charge >= 0.3 is 0 Å². The molecule has 1 atom stereocenters. The van der Waals surface area contributed by atoms with Crippen LogP contribution in [-0.2, 0) is 9.59 Å². The largest absolute Gasteiger partial charge is 0.349 e. The van der Waals surface area contributed by atoms with Crippen molar-refractivity contribution < 1.29 is 14.4 Å². The van der Waals surface area contributed by atoms with E-state index < -0.39 is 0 Å². The SMILES string of the molecule is Cc1cccc(NC(=O)CNC(=O)CC(C)NC(=O)c2ccccc2)c1C. The number of hydrogen-bond acceptors (Lipinski definition) is 3. The zero-order valence-electron chi connectivity index (χ0n) is 15.8. The van der Waals surface area contributed by atoms with Gasteiger partial charge in [-0.05, 0) is 50.1 Å². The maximum absolute atomic E-state index is 12.1. The van der Waals surface area contributed by atoms with Gasteiger partial charge in [0.2, 0.25) is 11.8 Å². The molecule has 0 fully saturated rings. The Hall–Kier alpha value is -3.15. The molecule has 0 saturated carbocycles. The molecule has 0 aliphatic heterocycles. The average molecular weight is 367 g/mol. The van der Waals surface area contributed by atoms with E-state index >= 15 is 0 Å². The number of nitrogens with one attached hydrogen (secondary N) is 3. The van der Waals surface area contributed by atoms with E-state index in [0.717, 1.165) is 16.8 Å². The van der Waals surface area contributed by atoms with Gasteiger partial charge in [0, 0.05) is 23.7 Å². The van der Waals surface area contributed by atoms with Gasteiger partial charge in [0.1, 0.15) is 0 Å². The smallest absolute Gasteiger partial charge is 0.251 e. The first-order chi connectivity index (χ1) is 12.9. The van der Waals surface area contributed by atoms with Crippen LogP contribution in [0.2, 0.25) is 0 Å². The molecule has 2 rings (SSSR count). The van der Waals surface area contributed by atoms with Crippen molar-refractivity contribution in [1.29, 1.82) is 0 Å². The van der Waals surface area contributed by atoms with Crippen LogP contribution in [0.3, 0.4) is 0 Å². The topological polar surface area (TPSA) is 87.3 Å². The molecule has 2 aromatic rings. The van der Waals surface area contributed by atoms with Crippen LogP contribution in [0, 0.1) is 13.8 Å². The summed E-state index contributed by atoms with van der Waals surface area (Å²) in [6, 6.07) is 14.1. The maximum Gasteiger partial charge on any atom is 0.251 e. The molecule has 3 N–H and O–H groups in total. The Morgan fingerprint density at radius 3 is 2.33 bits per heavy atom. The monoisotopic (exact) mass is 367 g/mol. The number of carbonyl (C=O) groups is 3. The van der Waals surface area contributed by atoms with Crippen molar-refractivity contribution in [2.45, 2.75) is 33.2 Å². The third-order valence-electron chi connectivity index (χ3n) is 4.23. The van der Waals surface area contributed by atoms with Gasteiger partial charge in [-0.15, -0.1) is 0 Å². The van der Waals surface area contributed by atoms with Crippen LogP contribution in [0.5, 0.6) is 0 Å². The third kappa shape index (κ3) is 6.26. The van der Waals surface area contributed by atoms with Gasteiger partial charge < -0.3 is 16.0 Å². The highest BCUT2D eigenvalue weighted by molar-refractivity contribution is 5.96. The van der Waals surface area contributed by atoms with Crippen LogP contribution < -0.4 is 16.0 Å². The van der Waals surface area contributed by atoms with E-state index in [2.05, 4.69) is 16.0 Å². The van der Waals surface area contributed by atoms with Crippen LogP contribution in [0.25, 0.3) is 0 Å².